The minimum atomic E-state index is -0.0817. The highest BCUT2D eigenvalue weighted by molar-refractivity contribution is 5.97. The summed E-state index contributed by atoms with van der Waals surface area (Å²) in [6.07, 6.45) is 3.47. The van der Waals surface area contributed by atoms with E-state index < -0.39 is 0 Å². The van der Waals surface area contributed by atoms with Crippen LogP contribution in [0.25, 0.3) is 0 Å². The Hall–Kier alpha value is -1.85. The maximum atomic E-state index is 12.7. The van der Waals surface area contributed by atoms with Crippen LogP contribution in [-0.2, 0) is 4.79 Å². The summed E-state index contributed by atoms with van der Waals surface area (Å²) in [4.78, 5) is 24.3. The summed E-state index contributed by atoms with van der Waals surface area (Å²) in [7, 11) is 0. The number of nitrogens with one attached hydrogen (secondary N) is 3. The lowest BCUT2D eigenvalue weighted by atomic mass is 9.93. The van der Waals surface area contributed by atoms with Crippen LogP contribution in [0.1, 0.15) is 67.2 Å². The normalized spacial score (nSPS) is 25.2. The summed E-state index contributed by atoms with van der Waals surface area (Å²) in [5, 5.41) is 13.4. The lowest BCUT2D eigenvalue weighted by Gasteiger charge is -2.33. The maximum absolute atomic E-state index is 12.7. The van der Waals surface area contributed by atoms with Crippen molar-refractivity contribution in [2.45, 2.75) is 64.5 Å². The average molecular weight is 304 g/mol. The van der Waals surface area contributed by atoms with Crippen LogP contribution in [-0.4, -0.2) is 34.1 Å². The van der Waals surface area contributed by atoms with Crippen LogP contribution in [0.3, 0.4) is 0 Å². The topological polar surface area (TPSA) is 86.9 Å². The van der Waals surface area contributed by atoms with E-state index >= 15 is 0 Å². The highest BCUT2D eigenvalue weighted by Crippen LogP contribution is 2.36. The van der Waals surface area contributed by atoms with E-state index in [0.717, 1.165) is 24.2 Å². The molecule has 0 unspecified atom stereocenters. The number of carbonyl (C=O) groups is 2. The number of rotatable bonds is 4. The Morgan fingerprint density at radius 2 is 2.05 bits per heavy atom. The second-order valence-corrected chi connectivity index (χ2v) is 6.81. The first-order valence-electron chi connectivity index (χ1n) is 8.12. The molecule has 0 spiro atoms. The number of piperidine rings is 1. The monoisotopic (exact) mass is 304 g/mol. The highest BCUT2D eigenvalue weighted by atomic mass is 16.2. The number of H-pyrrole nitrogens is 1. The van der Waals surface area contributed by atoms with Crippen molar-refractivity contribution in [2.75, 3.05) is 0 Å². The van der Waals surface area contributed by atoms with Crippen molar-refractivity contribution in [3.8, 4) is 0 Å². The van der Waals surface area contributed by atoms with Crippen molar-refractivity contribution in [1.82, 2.24) is 20.8 Å². The van der Waals surface area contributed by atoms with Gasteiger partial charge in [-0.25, -0.2) is 0 Å². The minimum absolute atomic E-state index is 0.0204. The van der Waals surface area contributed by atoms with Gasteiger partial charge in [0.25, 0.3) is 5.91 Å². The third kappa shape index (κ3) is 2.87. The minimum Gasteiger partial charge on any atom is -0.351 e. The van der Waals surface area contributed by atoms with Crippen LogP contribution < -0.4 is 10.6 Å². The molecule has 0 aromatic carbocycles. The maximum Gasteiger partial charge on any atom is 0.255 e. The summed E-state index contributed by atoms with van der Waals surface area (Å²) in [6.45, 7) is 5.93. The molecule has 2 atom stereocenters. The van der Waals surface area contributed by atoms with Gasteiger partial charge in [0, 0.05) is 12.1 Å². The number of aryl methyl sites for hydroxylation is 1. The van der Waals surface area contributed by atoms with E-state index in [9.17, 15) is 9.59 Å². The van der Waals surface area contributed by atoms with Crippen molar-refractivity contribution in [3.05, 3.63) is 17.0 Å². The Morgan fingerprint density at radius 1 is 1.32 bits per heavy atom. The molecule has 0 bridgehead atoms. The summed E-state index contributed by atoms with van der Waals surface area (Å²) in [5.41, 5.74) is 2.25. The van der Waals surface area contributed by atoms with Crippen molar-refractivity contribution in [2.24, 2.45) is 5.92 Å². The van der Waals surface area contributed by atoms with Crippen molar-refractivity contribution in [1.29, 1.82) is 0 Å². The molecule has 6 nitrogen and oxygen atoms in total. The average Bonchev–Trinajstić information content (AvgIpc) is 3.22. The van der Waals surface area contributed by atoms with Crippen LogP contribution in [0.5, 0.6) is 0 Å². The number of aromatic amines is 1. The number of aromatic nitrogens is 2. The fraction of sp³-hybridized carbons (Fsp3) is 0.688. The molecule has 2 heterocycles. The molecular formula is C16H24N4O2. The van der Waals surface area contributed by atoms with E-state index in [2.05, 4.69) is 20.8 Å². The van der Waals surface area contributed by atoms with Crippen LogP contribution >= 0.6 is 0 Å². The second-order valence-electron chi connectivity index (χ2n) is 6.81. The predicted molar refractivity (Wildman–Crippen MR) is 82.6 cm³/mol. The second kappa shape index (κ2) is 5.74. The zero-order valence-electron chi connectivity index (χ0n) is 13.4. The fourth-order valence-electron chi connectivity index (χ4n) is 3.28. The Kier molecular flexibility index (Phi) is 3.93. The van der Waals surface area contributed by atoms with Crippen LogP contribution in [0.2, 0.25) is 0 Å². The number of amides is 2. The van der Waals surface area contributed by atoms with Crippen molar-refractivity contribution >= 4 is 11.8 Å². The Morgan fingerprint density at radius 3 is 2.68 bits per heavy atom. The van der Waals surface area contributed by atoms with E-state index in [-0.39, 0.29) is 29.8 Å². The van der Waals surface area contributed by atoms with Gasteiger partial charge in [-0.05, 0) is 38.0 Å². The smallest absolute Gasteiger partial charge is 0.255 e. The van der Waals surface area contributed by atoms with E-state index in [1.54, 1.807) is 0 Å². The van der Waals surface area contributed by atoms with Crippen molar-refractivity contribution < 1.29 is 9.59 Å². The quantitative estimate of drug-likeness (QED) is 0.790. The summed E-state index contributed by atoms with van der Waals surface area (Å²) < 4.78 is 0. The highest BCUT2D eigenvalue weighted by Gasteiger charge is 2.41. The molecule has 22 heavy (non-hydrogen) atoms. The molecule has 1 aromatic heterocycles. The first-order valence-corrected chi connectivity index (χ1v) is 8.12. The molecule has 3 N–H and O–H groups in total. The summed E-state index contributed by atoms with van der Waals surface area (Å²) in [6, 6.07) is 0.104. The standard InChI is InChI=1S/C16H24N4O2/c1-8(2)14-13(9(3)19-20-14)16(22)17-11-6-7-12(21)18-15(11)10-4-5-10/h8,10-11,15H,4-7H2,1-3H3,(H,17,22)(H,18,21)(H,19,20)/t11-,15+/m1/s1. The van der Waals surface area contributed by atoms with Gasteiger partial charge in [-0.3, -0.25) is 14.7 Å². The molecular weight excluding hydrogens is 280 g/mol. The van der Waals surface area contributed by atoms with Gasteiger partial charge in [0.05, 0.1) is 23.3 Å². The Labute approximate surface area is 130 Å². The lowest BCUT2D eigenvalue weighted by molar-refractivity contribution is -0.124. The number of hydrogen-bond acceptors (Lipinski definition) is 3. The first-order chi connectivity index (χ1) is 10.5. The van der Waals surface area contributed by atoms with E-state index in [4.69, 9.17) is 0 Å². The molecule has 6 heteroatoms. The number of nitrogens with zero attached hydrogens (tertiary/aromatic N) is 1. The van der Waals surface area contributed by atoms with E-state index in [1.165, 1.54) is 0 Å². The van der Waals surface area contributed by atoms with E-state index in [0.29, 0.717) is 24.3 Å². The molecule has 1 saturated heterocycles. The molecule has 1 saturated carbocycles. The van der Waals surface area contributed by atoms with Crippen LogP contribution in [0.4, 0.5) is 0 Å². The molecule has 1 aliphatic carbocycles. The zero-order valence-corrected chi connectivity index (χ0v) is 13.4. The molecule has 1 aromatic rings. The van der Waals surface area contributed by atoms with Gasteiger partial charge in [0.15, 0.2) is 0 Å². The molecule has 2 fully saturated rings. The fourth-order valence-corrected chi connectivity index (χ4v) is 3.28. The largest absolute Gasteiger partial charge is 0.351 e. The van der Waals surface area contributed by atoms with Gasteiger partial charge in [0.2, 0.25) is 5.91 Å². The van der Waals surface area contributed by atoms with Gasteiger partial charge in [0.1, 0.15) is 0 Å². The van der Waals surface area contributed by atoms with Gasteiger partial charge in [-0.1, -0.05) is 13.8 Å². The third-order valence-corrected chi connectivity index (χ3v) is 4.64. The Balaban J connectivity index is 1.76. The SMILES string of the molecule is Cc1[nH]nc(C(C)C)c1C(=O)N[C@@H]1CCC(=O)N[C@H]1C1CC1. The zero-order chi connectivity index (χ0) is 15.9. The molecule has 3 rings (SSSR count). The number of carbonyl (C=O) groups excluding carboxylic acids is 2. The lowest BCUT2D eigenvalue weighted by Crippen LogP contribution is -2.56. The Bertz CT molecular complexity index is 589. The first kappa shape index (κ1) is 15.1. The predicted octanol–water partition coefficient (Wildman–Crippen LogP) is 1.63. The molecule has 1 aliphatic heterocycles. The summed E-state index contributed by atoms with van der Waals surface area (Å²) >= 11 is 0. The van der Waals surface area contributed by atoms with E-state index in [1.807, 2.05) is 20.8 Å². The van der Waals surface area contributed by atoms with Crippen LogP contribution in [0, 0.1) is 12.8 Å². The van der Waals surface area contributed by atoms with Crippen LogP contribution in [0.15, 0.2) is 0 Å². The summed E-state index contributed by atoms with van der Waals surface area (Å²) in [5.74, 6) is 0.729. The molecule has 2 amide bonds. The molecule has 0 radical (unpaired) electrons. The third-order valence-electron chi connectivity index (χ3n) is 4.64. The number of hydrogen-bond donors (Lipinski definition) is 3. The van der Waals surface area contributed by atoms with Gasteiger partial charge in [-0.15, -0.1) is 0 Å². The van der Waals surface area contributed by atoms with Crippen molar-refractivity contribution in [3.63, 3.8) is 0 Å². The molecule has 2 aliphatic rings. The van der Waals surface area contributed by atoms with Gasteiger partial charge < -0.3 is 10.6 Å². The molecule has 120 valence electrons. The van der Waals surface area contributed by atoms with Gasteiger partial charge in [-0.2, -0.15) is 5.10 Å². The van der Waals surface area contributed by atoms with Gasteiger partial charge >= 0.3 is 0 Å².